The molecule has 2 aromatic rings. The SMILES string of the molecule is Cc1cc(N/N=C\C=N)cc(Nc2nc(N[C@@H]3CCCC[C@@H]3N)ncc2C(N)=O)c1. The van der Waals surface area contributed by atoms with Crippen molar-refractivity contribution in [1.29, 1.82) is 5.41 Å². The fourth-order valence-corrected chi connectivity index (χ4v) is 3.44. The number of hydrogen-bond acceptors (Lipinski definition) is 9. The number of primary amides is 1. The Labute approximate surface area is 175 Å². The first-order chi connectivity index (χ1) is 14.5. The van der Waals surface area contributed by atoms with Crippen LogP contribution in [0.2, 0.25) is 0 Å². The number of anilines is 4. The summed E-state index contributed by atoms with van der Waals surface area (Å²) in [4.78, 5) is 20.6. The largest absolute Gasteiger partial charge is 0.365 e. The van der Waals surface area contributed by atoms with Gasteiger partial charge in [0.2, 0.25) is 5.95 Å². The molecule has 0 spiro atoms. The zero-order valence-electron chi connectivity index (χ0n) is 16.9. The normalized spacial score (nSPS) is 18.7. The monoisotopic (exact) mass is 409 g/mol. The minimum Gasteiger partial charge on any atom is -0.365 e. The molecule has 1 aromatic carbocycles. The van der Waals surface area contributed by atoms with Crippen LogP contribution < -0.4 is 27.5 Å². The molecule has 1 fully saturated rings. The molecule has 0 radical (unpaired) electrons. The van der Waals surface area contributed by atoms with Gasteiger partial charge in [0, 0.05) is 30.2 Å². The highest BCUT2D eigenvalue weighted by atomic mass is 16.1. The maximum Gasteiger partial charge on any atom is 0.254 e. The van der Waals surface area contributed by atoms with Gasteiger partial charge >= 0.3 is 0 Å². The maximum absolute atomic E-state index is 11.9. The lowest BCUT2D eigenvalue weighted by Crippen LogP contribution is -2.43. The van der Waals surface area contributed by atoms with Crippen molar-refractivity contribution in [2.45, 2.75) is 44.7 Å². The van der Waals surface area contributed by atoms with Crippen molar-refractivity contribution in [2.24, 2.45) is 16.6 Å². The van der Waals surface area contributed by atoms with Gasteiger partial charge in [0.25, 0.3) is 5.91 Å². The number of nitrogens with two attached hydrogens (primary N) is 2. The Bertz CT molecular complexity index is 944. The average Bonchev–Trinajstić information content (AvgIpc) is 2.69. The molecule has 10 nitrogen and oxygen atoms in total. The fourth-order valence-electron chi connectivity index (χ4n) is 3.44. The summed E-state index contributed by atoms with van der Waals surface area (Å²) in [5, 5.41) is 17.3. The third-order valence-electron chi connectivity index (χ3n) is 4.87. The molecule has 1 saturated carbocycles. The Hall–Kier alpha value is -3.53. The molecule has 1 aliphatic carbocycles. The summed E-state index contributed by atoms with van der Waals surface area (Å²) in [6.45, 7) is 1.93. The molecule has 0 saturated heterocycles. The number of carbonyl (C=O) groups excluding carboxylic acids is 1. The van der Waals surface area contributed by atoms with Crippen molar-refractivity contribution in [3.63, 3.8) is 0 Å². The number of benzene rings is 1. The Morgan fingerprint density at radius 2 is 2.03 bits per heavy atom. The van der Waals surface area contributed by atoms with Gasteiger partial charge in [0.05, 0.1) is 11.9 Å². The van der Waals surface area contributed by atoms with Crippen LogP contribution in [-0.4, -0.2) is 40.4 Å². The van der Waals surface area contributed by atoms with Crippen LogP contribution in [0.4, 0.5) is 23.1 Å². The van der Waals surface area contributed by atoms with E-state index in [1.165, 1.54) is 12.4 Å². The molecule has 2 atom stereocenters. The first kappa shape index (κ1) is 21.2. The molecule has 1 aliphatic rings. The van der Waals surface area contributed by atoms with E-state index in [1.807, 2.05) is 25.1 Å². The predicted octanol–water partition coefficient (Wildman–Crippen LogP) is 2.36. The van der Waals surface area contributed by atoms with E-state index >= 15 is 0 Å². The van der Waals surface area contributed by atoms with Crippen LogP contribution in [0.1, 0.15) is 41.6 Å². The van der Waals surface area contributed by atoms with E-state index in [1.54, 1.807) is 0 Å². The third-order valence-corrected chi connectivity index (χ3v) is 4.87. The number of carbonyl (C=O) groups is 1. The lowest BCUT2D eigenvalue weighted by molar-refractivity contribution is 0.100. The first-order valence-corrected chi connectivity index (χ1v) is 9.82. The molecular weight excluding hydrogens is 382 g/mol. The first-order valence-electron chi connectivity index (χ1n) is 9.82. The highest BCUT2D eigenvalue weighted by Gasteiger charge is 2.23. The minimum atomic E-state index is -0.625. The van der Waals surface area contributed by atoms with Gasteiger partial charge in [0.1, 0.15) is 11.4 Å². The average molecular weight is 409 g/mol. The van der Waals surface area contributed by atoms with E-state index in [0.29, 0.717) is 17.5 Å². The van der Waals surface area contributed by atoms with Crippen molar-refractivity contribution in [2.75, 3.05) is 16.1 Å². The van der Waals surface area contributed by atoms with Crippen molar-refractivity contribution in [1.82, 2.24) is 9.97 Å². The van der Waals surface area contributed by atoms with Gasteiger partial charge in [-0.15, -0.1) is 0 Å². The Morgan fingerprint density at radius 3 is 2.77 bits per heavy atom. The van der Waals surface area contributed by atoms with Crippen LogP contribution in [0.15, 0.2) is 29.5 Å². The van der Waals surface area contributed by atoms with Gasteiger partial charge in [0.15, 0.2) is 0 Å². The Kier molecular flexibility index (Phi) is 6.91. The highest BCUT2D eigenvalue weighted by Crippen LogP contribution is 2.25. The fraction of sp³-hybridized carbons (Fsp3) is 0.350. The van der Waals surface area contributed by atoms with Crippen LogP contribution in [0, 0.1) is 12.3 Å². The standard InChI is InChI=1S/C20H27N9O/c1-12-8-13(10-14(9-12)29-25-7-6-21)26-19-15(18(23)30)11-24-20(28-19)27-17-5-3-2-4-16(17)22/h6-11,16-17,21,29H,2-5,22H2,1H3,(H2,23,30)(H2,24,26,27,28)/b21-6?,25-7-/t16-,17+/m0/s1. The predicted molar refractivity (Wildman–Crippen MR) is 120 cm³/mol. The number of nitrogens with one attached hydrogen (secondary N) is 4. The van der Waals surface area contributed by atoms with Crippen molar-refractivity contribution in [3.05, 3.63) is 35.5 Å². The van der Waals surface area contributed by atoms with Gasteiger partial charge in [-0.2, -0.15) is 10.1 Å². The van der Waals surface area contributed by atoms with E-state index in [-0.39, 0.29) is 17.6 Å². The summed E-state index contributed by atoms with van der Waals surface area (Å²) in [7, 11) is 0. The molecule has 1 heterocycles. The zero-order valence-corrected chi connectivity index (χ0v) is 16.9. The van der Waals surface area contributed by atoms with Crippen LogP contribution >= 0.6 is 0 Å². The van der Waals surface area contributed by atoms with E-state index < -0.39 is 5.91 Å². The highest BCUT2D eigenvalue weighted by molar-refractivity contribution is 6.14. The van der Waals surface area contributed by atoms with Gasteiger partial charge in [-0.1, -0.05) is 12.8 Å². The smallest absolute Gasteiger partial charge is 0.254 e. The van der Waals surface area contributed by atoms with Crippen LogP contribution in [-0.2, 0) is 0 Å². The van der Waals surface area contributed by atoms with E-state index in [0.717, 1.165) is 43.1 Å². The Balaban J connectivity index is 1.85. The number of amides is 1. The lowest BCUT2D eigenvalue weighted by Gasteiger charge is -2.29. The summed E-state index contributed by atoms with van der Waals surface area (Å²) in [5.74, 6) is 0.0790. The van der Waals surface area contributed by atoms with E-state index in [2.05, 4.69) is 31.1 Å². The molecule has 30 heavy (non-hydrogen) atoms. The summed E-state index contributed by atoms with van der Waals surface area (Å²) in [5.41, 5.74) is 17.1. The molecular formula is C20H27N9O. The molecule has 0 bridgehead atoms. The topological polar surface area (TPSA) is 167 Å². The second-order valence-corrected chi connectivity index (χ2v) is 7.29. The van der Waals surface area contributed by atoms with Gasteiger partial charge in [-0.05, 0) is 43.5 Å². The van der Waals surface area contributed by atoms with Crippen molar-refractivity contribution >= 4 is 41.5 Å². The molecule has 1 aromatic heterocycles. The second-order valence-electron chi connectivity index (χ2n) is 7.29. The second kappa shape index (κ2) is 9.79. The van der Waals surface area contributed by atoms with Gasteiger partial charge < -0.3 is 27.5 Å². The number of hydrazone groups is 1. The van der Waals surface area contributed by atoms with Gasteiger partial charge in [-0.25, -0.2) is 4.98 Å². The number of aryl methyl sites for hydroxylation is 1. The number of hydrogen-bond donors (Lipinski definition) is 6. The summed E-state index contributed by atoms with van der Waals surface area (Å²) >= 11 is 0. The molecule has 0 aliphatic heterocycles. The summed E-state index contributed by atoms with van der Waals surface area (Å²) < 4.78 is 0. The minimum absolute atomic E-state index is 0.0431. The third kappa shape index (κ3) is 5.51. The molecule has 1 amide bonds. The lowest BCUT2D eigenvalue weighted by atomic mass is 9.91. The maximum atomic E-state index is 11.9. The van der Waals surface area contributed by atoms with E-state index in [9.17, 15) is 4.79 Å². The molecule has 158 valence electrons. The number of nitrogens with zero attached hydrogens (tertiary/aromatic N) is 3. The molecule has 0 unspecified atom stereocenters. The zero-order chi connectivity index (χ0) is 21.5. The molecule has 8 N–H and O–H groups in total. The molecule has 3 rings (SSSR count). The summed E-state index contributed by atoms with van der Waals surface area (Å²) in [6, 6.07) is 5.75. The van der Waals surface area contributed by atoms with Crippen LogP contribution in [0.25, 0.3) is 0 Å². The van der Waals surface area contributed by atoms with Crippen molar-refractivity contribution < 1.29 is 4.79 Å². The van der Waals surface area contributed by atoms with E-state index in [4.69, 9.17) is 16.9 Å². The summed E-state index contributed by atoms with van der Waals surface area (Å²) in [6.07, 6.45) is 7.97. The quantitative estimate of drug-likeness (QED) is 0.287. The Morgan fingerprint density at radius 1 is 1.27 bits per heavy atom. The number of aromatic nitrogens is 2. The number of rotatable bonds is 8. The van der Waals surface area contributed by atoms with Gasteiger partial charge in [-0.3, -0.25) is 10.2 Å². The molecule has 10 heteroatoms. The van der Waals surface area contributed by atoms with Crippen molar-refractivity contribution in [3.8, 4) is 0 Å². The van der Waals surface area contributed by atoms with Crippen LogP contribution in [0.5, 0.6) is 0 Å². The van der Waals surface area contributed by atoms with Crippen LogP contribution in [0.3, 0.4) is 0 Å².